The van der Waals surface area contributed by atoms with E-state index in [0.717, 1.165) is 16.9 Å². The van der Waals surface area contributed by atoms with Crippen LogP contribution < -0.4 is 10.3 Å². The van der Waals surface area contributed by atoms with E-state index in [-0.39, 0.29) is 5.56 Å². The van der Waals surface area contributed by atoms with Crippen LogP contribution in [0, 0.1) is 0 Å². The normalized spacial score (nSPS) is 10.9. The summed E-state index contributed by atoms with van der Waals surface area (Å²) in [7, 11) is 1.62. The van der Waals surface area contributed by atoms with Crippen LogP contribution in [0.25, 0.3) is 26.8 Å². The summed E-state index contributed by atoms with van der Waals surface area (Å²) >= 11 is 1.32. The lowest BCUT2D eigenvalue weighted by Crippen LogP contribution is -2.19. The highest BCUT2D eigenvalue weighted by Gasteiger charge is 2.14. The van der Waals surface area contributed by atoms with Gasteiger partial charge in [0.15, 0.2) is 5.69 Å². The van der Waals surface area contributed by atoms with Crippen molar-refractivity contribution >= 4 is 16.3 Å². The Morgan fingerprint density at radius 3 is 2.42 bits per heavy atom. The Morgan fingerprint density at radius 2 is 1.71 bits per heavy atom. The molecule has 0 bridgehead atoms. The lowest BCUT2D eigenvalue weighted by Gasteiger charge is -1.99. The van der Waals surface area contributed by atoms with Gasteiger partial charge in [0.1, 0.15) is 10.8 Å². The molecule has 4 aromatic rings. The molecule has 118 valence electrons. The first kappa shape index (κ1) is 14.5. The molecule has 0 fully saturated rings. The van der Waals surface area contributed by atoms with Gasteiger partial charge < -0.3 is 4.74 Å². The topological polar surface area (TPSA) is 69.4 Å². The molecule has 2 aromatic carbocycles. The van der Waals surface area contributed by atoms with Crippen LogP contribution in [0.15, 0.2) is 59.4 Å². The molecule has 24 heavy (non-hydrogen) atoms. The minimum absolute atomic E-state index is 0.276. The Kier molecular flexibility index (Phi) is 3.55. The largest absolute Gasteiger partial charge is 0.497 e. The fraction of sp³-hybridized carbons (Fsp3) is 0.0588. The minimum Gasteiger partial charge on any atom is -0.497 e. The maximum atomic E-state index is 12.7. The van der Waals surface area contributed by atoms with Gasteiger partial charge in [-0.1, -0.05) is 41.7 Å². The van der Waals surface area contributed by atoms with E-state index < -0.39 is 0 Å². The molecule has 0 unspecified atom stereocenters. The first-order valence-corrected chi connectivity index (χ1v) is 8.04. The Balaban J connectivity index is 1.83. The van der Waals surface area contributed by atoms with Gasteiger partial charge in [-0.05, 0) is 24.3 Å². The number of methoxy groups -OCH3 is 1. The molecule has 2 aromatic heterocycles. The second-order valence-electron chi connectivity index (χ2n) is 5.05. The molecule has 4 rings (SSSR count). The van der Waals surface area contributed by atoms with Crippen molar-refractivity contribution in [2.75, 3.05) is 7.11 Å². The summed E-state index contributed by atoms with van der Waals surface area (Å²) in [4.78, 5) is 13.1. The molecule has 0 spiro atoms. The van der Waals surface area contributed by atoms with Gasteiger partial charge >= 0.3 is 5.56 Å². The standard InChI is InChI=1S/C17H12N4O2S/c1-23-13-9-7-12(8-10-13)15-20-21-16(22)14(18-19-17(21)24-15)11-5-3-2-4-6-11/h2-10H,1H3. The smallest absolute Gasteiger partial charge is 0.302 e. The summed E-state index contributed by atoms with van der Waals surface area (Å²) < 4.78 is 6.46. The molecule has 0 saturated heterocycles. The summed E-state index contributed by atoms with van der Waals surface area (Å²) in [5.74, 6) is 0.767. The molecule has 2 heterocycles. The Morgan fingerprint density at radius 1 is 0.958 bits per heavy atom. The van der Waals surface area contributed by atoms with Crippen molar-refractivity contribution in [3.63, 3.8) is 0 Å². The molecule has 7 heteroatoms. The molecule has 0 amide bonds. The van der Waals surface area contributed by atoms with Crippen molar-refractivity contribution in [3.8, 4) is 27.6 Å². The zero-order valence-corrected chi connectivity index (χ0v) is 13.5. The molecule has 0 radical (unpaired) electrons. The average Bonchev–Trinajstić information content (AvgIpc) is 3.08. The number of ether oxygens (including phenoxy) is 1. The molecule has 0 aliphatic rings. The van der Waals surface area contributed by atoms with Gasteiger partial charge in [0.05, 0.1) is 7.11 Å². The lowest BCUT2D eigenvalue weighted by atomic mass is 10.2. The third kappa shape index (κ3) is 2.44. The van der Waals surface area contributed by atoms with E-state index >= 15 is 0 Å². The predicted molar refractivity (Wildman–Crippen MR) is 92.4 cm³/mol. The van der Waals surface area contributed by atoms with Crippen LogP contribution in [-0.2, 0) is 0 Å². The second kappa shape index (κ2) is 5.86. The molecular weight excluding hydrogens is 324 g/mol. The van der Waals surface area contributed by atoms with Gasteiger partial charge in [-0.3, -0.25) is 4.79 Å². The fourth-order valence-electron chi connectivity index (χ4n) is 2.34. The summed E-state index contributed by atoms with van der Waals surface area (Å²) in [5, 5.41) is 13.3. The lowest BCUT2D eigenvalue weighted by molar-refractivity contribution is 0.415. The van der Waals surface area contributed by atoms with Gasteiger partial charge in [-0.2, -0.15) is 9.61 Å². The number of fused-ring (bicyclic) bond motifs is 1. The number of benzene rings is 2. The summed E-state index contributed by atoms with van der Waals surface area (Å²) in [6.45, 7) is 0. The summed E-state index contributed by atoms with van der Waals surface area (Å²) in [6, 6.07) is 16.8. The number of nitrogens with zero attached hydrogens (tertiary/aromatic N) is 4. The van der Waals surface area contributed by atoms with Gasteiger partial charge in [0.25, 0.3) is 0 Å². The van der Waals surface area contributed by atoms with Crippen LogP contribution in [-0.4, -0.2) is 26.9 Å². The monoisotopic (exact) mass is 336 g/mol. The molecule has 0 aliphatic heterocycles. The van der Waals surface area contributed by atoms with E-state index in [9.17, 15) is 4.79 Å². The van der Waals surface area contributed by atoms with Gasteiger partial charge in [-0.25, -0.2) is 0 Å². The number of hydrogen-bond donors (Lipinski definition) is 0. The molecule has 0 saturated carbocycles. The number of hydrogen-bond acceptors (Lipinski definition) is 6. The highest BCUT2D eigenvalue weighted by atomic mass is 32.1. The first-order valence-electron chi connectivity index (χ1n) is 7.22. The van der Waals surface area contributed by atoms with E-state index in [1.54, 1.807) is 7.11 Å². The van der Waals surface area contributed by atoms with Crippen molar-refractivity contribution in [2.24, 2.45) is 0 Å². The summed E-state index contributed by atoms with van der Waals surface area (Å²) in [6.07, 6.45) is 0. The van der Waals surface area contributed by atoms with E-state index in [0.29, 0.717) is 15.7 Å². The van der Waals surface area contributed by atoms with Crippen molar-refractivity contribution < 1.29 is 4.74 Å². The number of aromatic nitrogens is 4. The van der Waals surface area contributed by atoms with Crippen LogP contribution in [0.2, 0.25) is 0 Å². The predicted octanol–water partition coefficient (Wildman–Crippen LogP) is 2.89. The van der Waals surface area contributed by atoms with Crippen molar-refractivity contribution in [1.82, 2.24) is 19.8 Å². The molecule has 6 nitrogen and oxygen atoms in total. The van der Waals surface area contributed by atoms with Crippen molar-refractivity contribution in [2.45, 2.75) is 0 Å². The fourth-order valence-corrected chi connectivity index (χ4v) is 3.18. The third-order valence-electron chi connectivity index (χ3n) is 3.57. The zero-order valence-electron chi connectivity index (χ0n) is 12.7. The Labute approximate surface area is 141 Å². The van der Waals surface area contributed by atoms with E-state index in [1.807, 2.05) is 54.6 Å². The quantitative estimate of drug-likeness (QED) is 0.575. The van der Waals surface area contributed by atoms with Gasteiger partial charge in [0.2, 0.25) is 4.96 Å². The number of rotatable bonds is 3. The van der Waals surface area contributed by atoms with E-state index in [4.69, 9.17) is 4.74 Å². The first-order chi connectivity index (χ1) is 11.8. The van der Waals surface area contributed by atoms with Crippen molar-refractivity contribution in [1.29, 1.82) is 0 Å². The van der Waals surface area contributed by atoms with Crippen molar-refractivity contribution in [3.05, 3.63) is 65.0 Å². The molecular formula is C17H12N4O2S. The SMILES string of the molecule is COc1ccc(-c2nn3c(=O)c(-c4ccccc4)nnc3s2)cc1. The molecule has 0 N–H and O–H groups in total. The highest BCUT2D eigenvalue weighted by molar-refractivity contribution is 7.19. The molecule has 0 aliphatic carbocycles. The Bertz CT molecular complexity index is 1060. The van der Waals surface area contributed by atoms with Crippen LogP contribution in [0.1, 0.15) is 0 Å². The van der Waals surface area contributed by atoms with Crippen LogP contribution in [0.4, 0.5) is 0 Å². The van der Waals surface area contributed by atoms with Crippen LogP contribution >= 0.6 is 11.3 Å². The Hall–Kier alpha value is -3.06. The molecule has 0 atom stereocenters. The maximum Gasteiger partial charge on any atom is 0.302 e. The van der Waals surface area contributed by atoms with Gasteiger partial charge in [-0.15, -0.1) is 10.2 Å². The maximum absolute atomic E-state index is 12.7. The average molecular weight is 336 g/mol. The van der Waals surface area contributed by atoms with Gasteiger partial charge in [0, 0.05) is 11.1 Å². The zero-order chi connectivity index (χ0) is 16.5. The summed E-state index contributed by atoms with van der Waals surface area (Å²) in [5.41, 5.74) is 1.64. The second-order valence-corrected chi connectivity index (χ2v) is 6.01. The highest BCUT2D eigenvalue weighted by Crippen LogP contribution is 2.26. The minimum atomic E-state index is -0.276. The third-order valence-corrected chi connectivity index (χ3v) is 4.52. The van der Waals surface area contributed by atoms with E-state index in [2.05, 4.69) is 15.3 Å². The van der Waals surface area contributed by atoms with Crippen LogP contribution in [0.5, 0.6) is 5.75 Å². The van der Waals surface area contributed by atoms with Crippen LogP contribution in [0.3, 0.4) is 0 Å². The van der Waals surface area contributed by atoms with E-state index in [1.165, 1.54) is 15.9 Å².